The van der Waals surface area contributed by atoms with Gasteiger partial charge in [0.1, 0.15) is 12.1 Å². The predicted molar refractivity (Wildman–Crippen MR) is 45.3 cm³/mol. The van der Waals surface area contributed by atoms with Gasteiger partial charge in [-0.1, -0.05) is 0 Å². The molecule has 0 aromatic carbocycles. The minimum Gasteiger partial charge on any atom is -0.244 e. The molecule has 0 N–H and O–H groups in total. The summed E-state index contributed by atoms with van der Waals surface area (Å²) in [5.74, 6) is -0.209. The van der Waals surface area contributed by atoms with Gasteiger partial charge >= 0.3 is 0 Å². The van der Waals surface area contributed by atoms with Crippen LogP contribution in [0.1, 0.15) is 0 Å². The molecule has 0 aliphatic rings. The van der Waals surface area contributed by atoms with Crippen molar-refractivity contribution in [3.8, 4) is 10.4 Å². The lowest BCUT2D eigenvalue weighted by Crippen LogP contribution is -1.77. The molecule has 60 valence electrons. The van der Waals surface area contributed by atoms with Crippen LogP contribution >= 0.6 is 11.3 Å². The Labute approximate surface area is 72.7 Å². The van der Waals surface area contributed by atoms with Crippen LogP contribution in [-0.2, 0) is 0 Å². The van der Waals surface area contributed by atoms with Gasteiger partial charge in [-0.15, -0.1) is 11.3 Å². The largest absolute Gasteiger partial charge is 0.244 e. The van der Waals surface area contributed by atoms with Gasteiger partial charge in [0.15, 0.2) is 0 Å². The number of hydrogen-bond acceptors (Lipinski definition) is 3. The number of aromatic nitrogens is 2. The summed E-state index contributed by atoms with van der Waals surface area (Å²) in [5.41, 5.74) is 0.853. The number of halogens is 1. The number of rotatable bonds is 1. The third-order valence-electron chi connectivity index (χ3n) is 1.41. The fourth-order valence-corrected chi connectivity index (χ4v) is 1.62. The van der Waals surface area contributed by atoms with Gasteiger partial charge in [0, 0.05) is 28.2 Å². The maximum absolute atomic E-state index is 12.6. The van der Waals surface area contributed by atoms with Crippen molar-refractivity contribution in [1.29, 1.82) is 0 Å². The zero-order chi connectivity index (χ0) is 8.39. The smallest absolute Gasteiger partial charge is 0.134 e. The van der Waals surface area contributed by atoms with Crippen molar-refractivity contribution in [1.82, 2.24) is 9.97 Å². The highest BCUT2D eigenvalue weighted by Gasteiger charge is 2.01. The lowest BCUT2D eigenvalue weighted by molar-refractivity contribution is 0.633. The van der Waals surface area contributed by atoms with E-state index in [4.69, 9.17) is 0 Å². The van der Waals surface area contributed by atoms with E-state index in [-0.39, 0.29) is 5.82 Å². The summed E-state index contributed by atoms with van der Waals surface area (Å²) in [6.07, 6.45) is 4.78. The molecule has 2 aromatic rings. The second kappa shape index (κ2) is 2.98. The lowest BCUT2D eigenvalue weighted by Gasteiger charge is -1.91. The van der Waals surface area contributed by atoms with E-state index >= 15 is 0 Å². The van der Waals surface area contributed by atoms with Crippen molar-refractivity contribution in [3.05, 3.63) is 36.0 Å². The molecule has 2 nitrogen and oxygen atoms in total. The Bertz CT molecular complexity index is 372. The Morgan fingerprint density at radius 2 is 2.00 bits per heavy atom. The van der Waals surface area contributed by atoms with Crippen molar-refractivity contribution in [2.75, 3.05) is 0 Å². The molecule has 2 aromatic heterocycles. The van der Waals surface area contributed by atoms with Crippen molar-refractivity contribution in [3.63, 3.8) is 0 Å². The van der Waals surface area contributed by atoms with E-state index < -0.39 is 0 Å². The van der Waals surface area contributed by atoms with E-state index in [1.54, 1.807) is 12.4 Å². The van der Waals surface area contributed by atoms with Crippen LogP contribution in [-0.4, -0.2) is 9.97 Å². The van der Waals surface area contributed by atoms with Crippen molar-refractivity contribution >= 4 is 11.3 Å². The van der Waals surface area contributed by atoms with Gasteiger partial charge in [-0.05, 0) is 6.07 Å². The molecule has 0 saturated heterocycles. The minimum atomic E-state index is -0.209. The van der Waals surface area contributed by atoms with E-state index in [0.29, 0.717) is 0 Å². The first kappa shape index (κ1) is 7.36. The molecule has 0 spiro atoms. The van der Waals surface area contributed by atoms with Crippen LogP contribution in [0.2, 0.25) is 0 Å². The van der Waals surface area contributed by atoms with Crippen LogP contribution in [0.3, 0.4) is 0 Å². The number of hydrogen-bond donors (Lipinski definition) is 0. The summed E-state index contributed by atoms with van der Waals surface area (Å²) in [7, 11) is 0. The third-order valence-corrected chi connectivity index (χ3v) is 2.36. The second-order valence-corrected chi connectivity index (χ2v) is 3.17. The molecule has 2 rings (SSSR count). The average molecular weight is 180 g/mol. The third kappa shape index (κ3) is 1.33. The lowest BCUT2D eigenvalue weighted by atomic mass is 10.3. The molecule has 0 radical (unpaired) electrons. The quantitative estimate of drug-likeness (QED) is 0.673. The van der Waals surface area contributed by atoms with E-state index in [2.05, 4.69) is 9.97 Å². The molecule has 0 atom stereocenters. The molecule has 0 unspecified atom stereocenters. The highest BCUT2D eigenvalue weighted by Crippen LogP contribution is 2.24. The van der Waals surface area contributed by atoms with Crippen molar-refractivity contribution in [2.45, 2.75) is 0 Å². The molecular weight excluding hydrogens is 175 g/mol. The van der Waals surface area contributed by atoms with Crippen LogP contribution in [0.5, 0.6) is 0 Å². The fourth-order valence-electron chi connectivity index (χ4n) is 0.891. The van der Waals surface area contributed by atoms with Gasteiger partial charge in [-0.3, -0.25) is 0 Å². The van der Waals surface area contributed by atoms with Crippen LogP contribution in [0.15, 0.2) is 30.2 Å². The van der Waals surface area contributed by atoms with Gasteiger partial charge < -0.3 is 0 Å². The van der Waals surface area contributed by atoms with Crippen LogP contribution < -0.4 is 0 Å². The topological polar surface area (TPSA) is 25.8 Å². The Kier molecular flexibility index (Phi) is 1.83. The maximum Gasteiger partial charge on any atom is 0.134 e. The number of thiophene rings is 1. The van der Waals surface area contributed by atoms with Crippen LogP contribution in [0.25, 0.3) is 10.4 Å². The maximum atomic E-state index is 12.6. The normalized spacial score (nSPS) is 10.1. The Morgan fingerprint density at radius 3 is 2.58 bits per heavy atom. The monoisotopic (exact) mass is 180 g/mol. The molecule has 4 heteroatoms. The molecule has 0 bridgehead atoms. The first-order chi connectivity index (χ1) is 5.86. The van der Waals surface area contributed by atoms with Gasteiger partial charge in [-0.25, -0.2) is 14.4 Å². The van der Waals surface area contributed by atoms with E-state index in [1.165, 1.54) is 29.1 Å². The summed E-state index contributed by atoms with van der Waals surface area (Å²) in [5, 5.41) is 1.46. The average Bonchev–Trinajstić information content (AvgIpc) is 2.54. The van der Waals surface area contributed by atoms with E-state index in [1.807, 2.05) is 0 Å². The van der Waals surface area contributed by atoms with Gasteiger partial charge in [0.2, 0.25) is 0 Å². The zero-order valence-electron chi connectivity index (χ0n) is 6.07. The second-order valence-electron chi connectivity index (χ2n) is 2.26. The molecule has 12 heavy (non-hydrogen) atoms. The van der Waals surface area contributed by atoms with E-state index in [0.717, 1.165) is 10.4 Å². The Morgan fingerprint density at radius 1 is 1.25 bits per heavy atom. The minimum absolute atomic E-state index is 0.209. The molecule has 0 fully saturated rings. The SMILES string of the molecule is Fc1csc(-c2cncnc2)c1. The van der Waals surface area contributed by atoms with Crippen molar-refractivity contribution < 1.29 is 4.39 Å². The van der Waals surface area contributed by atoms with Gasteiger partial charge in [0.05, 0.1) is 0 Å². The summed E-state index contributed by atoms with van der Waals surface area (Å²) in [4.78, 5) is 8.54. The van der Waals surface area contributed by atoms with Gasteiger partial charge in [-0.2, -0.15) is 0 Å². The highest BCUT2D eigenvalue weighted by molar-refractivity contribution is 7.13. The van der Waals surface area contributed by atoms with Crippen molar-refractivity contribution in [2.24, 2.45) is 0 Å². The predicted octanol–water partition coefficient (Wildman–Crippen LogP) is 2.34. The summed E-state index contributed by atoms with van der Waals surface area (Å²) in [6.45, 7) is 0. The molecule has 0 aliphatic heterocycles. The standard InChI is InChI=1S/C8H5FN2S/c9-7-1-8(12-4-7)6-2-10-5-11-3-6/h1-5H. The molecular formula is C8H5FN2S. The number of nitrogens with zero attached hydrogens (tertiary/aromatic N) is 2. The fraction of sp³-hybridized carbons (Fsp3) is 0. The Balaban J connectivity index is 2.45. The van der Waals surface area contributed by atoms with E-state index in [9.17, 15) is 4.39 Å². The zero-order valence-corrected chi connectivity index (χ0v) is 6.88. The summed E-state index contributed by atoms with van der Waals surface area (Å²) < 4.78 is 12.6. The van der Waals surface area contributed by atoms with Gasteiger partial charge in [0.25, 0.3) is 0 Å². The first-order valence-corrected chi connectivity index (χ1v) is 4.23. The summed E-state index contributed by atoms with van der Waals surface area (Å²) >= 11 is 1.35. The molecule has 0 amide bonds. The Hall–Kier alpha value is -1.29. The van der Waals surface area contributed by atoms with Crippen LogP contribution in [0, 0.1) is 5.82 Å². The molecule has 0 saturated carbocycles. The van der Waals surface area contributed by atoms with Crippen LogP contribution in [0.4, 0.5) is 4.39 Å². The highest BCUT2D eigenvalue weighted by atomic mass is 32.1. The first-order valence-electron chi connectivity index (χ1n) is 3.35. The molecule has 2 heterocycles. The summed E-state index contributed by atoms with van der Waals surface area (Å²) in [6, 6.07) is 1.48. The molecule has 0 aliphatic carbocycles.